The summed E-state index contributed by atoms with van der Waals surface area (Å²) >= 11 is 0. The third-order valence-electron chi connectivity index (χ3n) is 3.42. The number of hydrogen-bond acceptors (Lipinski definition) is 5. The highest BCUT2D eigenvalue weighted by molar-refractivity contribution is 6.07. The number of aliphatic carboxylic acids is 1. The minimum atomic E-state index is -1.09. The van der Waals surface area contributed by atoms with Crippen LogP contribution in [0.2, 0.25) is 0 Å². The van der Waals surface area contributed by atoms with Gasteiger partial charge in [-0.15, -0.1) is 0 Å². The van der Waals surface area contributed by atoms with Crippen LogP contribution in [0.25, 0.3) is 6.08 Å². The summed E-state index contributed by atoms with van der Waals surface area (Å²) in [5.41, 5.74) is 1.28. The van der Waals surface area contributed by atoms with Crippen molar-refractivity contribution < 1.29 is 28.9 Å². The number of rotatable bonds is 9. The molecule has 1 N–H and O–H groups in total. The van der Waals surface area contributed by atoms with Crippen LogP contribution in [0.5, 0.6) is 17.2 Å². The Bertz CT molecular complexity index is 792. The molecule has 0 fully saturated rings. The highest BCUT2D eigenvalue weighted by Gasteiger charge is 2.10. The van der Waals surface area contributed by atoms with E-state index < -0.39 is 12.6 Å². The van der Waals surface area contributed by atoms with E-state index in [-0.39, 0.29) is 11.5 Å². The Morgan fingerprint density at radius 1 is 1.04 bits per heavy atom. The molecule has 0 heterocycles. The lowest BCUT2D eigenvalue weighted by atomic mass is 10.1. The Morgan fingerprint density at radius 3 is 2.38 bits per heavy atom. The van der Waals surface area contributed by atoms with Gasteiger partial charge >= 0.3 is 5.97 Å². The number of carboxylic acids is 1. The van der Waals surface area contributed by atoms with Gasteiger partial charge in [0.2, 0.25) is 0 Å². The molecule has 0 atom stereocenters. The zero-order chi connectivity index (χ0) is 18.9. The number of carbonyl (C=O) groups excluding carboxylic acids is 1. The Labute approximate surface area is 151 Å². The van der Waals surface area contributed by atoms with Crippen LogP contribution in [-0.4, -0.2) is 37.2 Å². The molecule has 0 saturated carbocycles. The SMILES string of the molecule is CCOc1ccc(/C=C/C(=O)c2ccc(OCC(=O)O)c(OC)c2)cc1. The van der Waals surface area contributed by atoms with Gasteiger partial charge in [-0.3, -0.25) is 4.79 Å². The van der Waals surface area contributed by atoms with E-state index in [1.807, 2.05) is 31.2 Å². The lowest BCUT2D eigenvalue weighted by Crippen LogP contribution is -2.10. The Kier molecular flexibility index (Phi) is 6.79. The van der Waals surface area contributed by atoms with Crippen molar-refractivity contribution in [1.29, 1.82) is 0 Å². The fourth-order valence-electron chi connectivity index (χ4n) is 2.19. The summed E-state index contributed by atoms with van der Waals surface area (Å²) in [7, 11) is 1.42. The molecule has 2 aromatic rings. The largest absolute Gasteiger partial charge is 0.494 e. The van der Waals surface area contributed by atoms with E-state index in [0.29, 0.717) is 17.9 Å². The summed E-state index contributed by atoms with van der Waals surface area (Å²) in [6.45, 7) is 2.03. The van der Waals surface area contributed by atoms with Gasteiger partial charge in [0, 0.05) is 5.56 Å². The van der Waals surface area contributed by atoms with E-state index in [4.69, 9.17) is 19.3 Å². The number of allylic oxidation sites excluding steroid dienone is 1. The molecule has 2 rings (SSSR count). The molecule has 0 amide bonds. The number of benzene rings is 2. The van der Waals surface area contributed by atoms with E-state index in [1.165, 1.54) is 25.3 Å². The van der Waals surface area contributed by atoms with Gasteiger partial charge in [-0.05, 0) is 48.9 Å². The number of ether oxygens (including phenoxy) is 3. The van der Waals surface area contributed by atoms with Crippen molar-refractivity contribution >= 4 is 17.8 Å². The second-order valence-electron chi connectivity index (χ2n) is 5.25. The van der Waals surface area contributed by atoms with Gasteiger partial charge in [0.1, 0.15) is 5.75 Å². The molecule has 2 aromatic carbocycles. The van der Waals surface area contributed by atoms with Crippen molar-refractivity contribution in [3.63, 3.8) is 0 Å². The van der Waals surface area contributed by atoms with Crippen molar-refractivity contribution in [3.8, 4) is 17.2 Å². The molecule has 0 radical (unpaired) electrons. The van der Waals surface area contributed by atoms with Gasteiger partial charge in [-0.2, -0.15) is 0 Å². The van der Waals surface area contributed by atoms with E-state index in [1.54, 1.807) is 12.1 Å². The molecule has 0 spiro atoms. The van der Waals surface area contributed by atoms with Crippen LogP contribution in [0.4, 0.5) is 0 Å². The summed E-state index contributed by atoms with van der Waals surface area (Å²) in [5.74, 6) is 0.0404. The van der Waals surface area contributed by atoms with Crippen LogP contribution in [0.15, 0.2) is 48.5 Å². The Morgan fingerprint density at radius 2 is 1.77 bits per heavy atom. The minimum Gasteiger partial charge on any atom is -0.494 e. The van der Waals surface area contributed by atoms with Crippen LogP contribution in [0.3, 0.4) is 0 Å². The average molecular weight is 356 g/mol. The molecule has 0 unspecified atom stereocenters. The predicted molar refractivity (Wildman–Crippen MR) is 97.1 cm³/mol. The maximum absolute atomic E-state index is 12.3. The second kappa shape index (κ2) is 9.27. The molecule has 6 nitrogen and oxygen atoms in total. The van der Waals surface area contributed by atoms with Gasteiger partial charge in [0.05, 0.1) is 13.7 Å². The first-order valence-corrected chi connectivity index (χ1v) is 8.01. The summed E-state index contributed by atoms with van der Waals surface area (Å²) < 4.78 is 15.7. The summed E-state index contributed by atoms with van der Waals surface area (Å²) in [6.07, 6.45) is 3.17. The molecular formula is C20H20O6. The lowest BCUT2D eigenvalue weighted by molar-refractivity contribution is -0.139. The quantitative estimate of drug-likeness (QED) is 0.547. The molecule has 6 heteroatoms. The molecule has 136 valence electrons. The highest BCUT2D eigenvalue weighted by Crippen LogP contribution is 2.28. The molecule has 0 aliphatic carbocycles. The fraction of sp³-hybridized carbons (Fsp3) is 0.200. The van der Waals surface area contributed by atoms with Crippen LogP contribution >= 0.6 is 0 Å². The first kappa shape index (κ1) is 19.1. The van der Waals surface area contributed by atoms with Crippen molar-refractivity contribution in [2.75, 3.05) is 20.3 Å². The highest BCUT2D eigenvalue weighted by atomic mass is 16.5. The maximum atomic E-state index is 12.3. The topological polar surface area (TPSA) is 82.1 Å². The standard InChI is InChI=1S/C20H20O6/c1-3-25-16-8-4-14(5-9-16)6-10-17(21)15-7-11-18(19(12-15)24-2)26-13-20(22)23/h4-12H,3,13H2,1-2H3,(H,22,23)/b10-6+. The first-order valence-electron chi connectivity index (χ1n) is 8.01. The van der Waals surface area contributed by atoms with E-state index in [9.17, 15) is 9.59 Å². The molecule has 0 aliphatic rings. The van der Waals surface area contributed by atoms with Gasteiger partial charge in [-0.1, -0.05) is 18.2 Å². The molecule has 0 aliphatic heterocycles. The summed E-state index contributed by atoms with van der Waals surface area (Å²) in [5, 5.41) is 8.67. The van der Waals surface area contributed by atoms with Gasteiger partial charge < -0.3 is 19.3 Å². The third kappa shape index (κ3) is 5.37. The predicted octanol–water partition coefficient (Wildman–Crippen LogP) is 3.45. The Hall–Kier alpha value is -3.28. The molecule has 0 saturated heterocycles. The van der Waals surface area contributed by atoms with Crippen molar-refractivity contribution in [2.24, 2.45) is 0 Å². The molecule has 0 aromatic heterocycles. The molecular weight excluding hydrogens is 336 g/mol. The number of carbonyl (C=O) groups is 2. The molecule has 0 bridgehead atoms. The lowest BCUT2D eigenvalue weighted by Gasteiger charge is -2.10. The minimum absolute atomic E-state index is 0.207. The second-order valence-corrected chi connectivity index (χ2v) is 5.25. The van der Waals surface area contributed by atoms with E-state index in [2.05, 4.69) is 0 Å². The van der Waals surface area contributed by atoms with Crippen LogP contribution in [0, 0.1) is 0 Å². The van der Waals surface area contributed by atoms with Crippen LogP contribution < -0.4 is 14.2 Å². The maximum Gasteiger partial charge on any atom is 0.341 e. The molecule has 26 heavy (non-hydrogen) atoms. The summed E-state index contributed by atoms with van der Waals surface area (Å²) in [6, 6.07) is 12.0. The number of hydrogen-bond donors (Lipinski definition) is 1. The van der Waals surface area contributed by atoms with Gasteiger partial charge in [0.15, 0.2) is 23.9 Å². The van der Waals surface area contributed by atoms with Gasteiger partial charge in [0.25, 0.3) is 0 Å². The smallest absolute Gasteiger partial charge is 0.341 e. The van der Waals surface area contributed by atoms with Gasteiger partial charge in [-0.25, -0.2) is 4.79 Å². The van der Waals surface area contributed by atoms with Crippen molar-refractivity contribution in [2.45, 2.75) is 6.92 Å². The normalized spacial score (nSPS) is 10.5. The number of ketones is 1. The average Bonchev–Trinajstić information content (AvgIpc) is 2.65. The van der Waals surface area contributed by atoms with Crippen molar-refractivity contribution in [3.05, 3.63) is 59.7 Å². The van der Waals surface area contributed by atoms with E-state index >= 15 is 0 Å². The zero-order valence-electron chi connectivity index (χ0n) is 14.6. The van der Waals surface area contributed by atoms with Crippen LogP contribution in [-0.2, 0) is 4.79 Å². The van der Waals surface area contributed by atoms with Crippen molar-refractivity contribution in [1.82, 2.24) is 0 Å². The van der Waals surface area contributed by atoms with E-state index in [0.717, 1.165) is 11.3 Å². The number of carboxylic acid groups (broad SMARTS) is 1. The Balaban J connectivity index is 2.09. The summed E-state index contributed by atoms with van der Waals surface area (Å²) in [4.78, 5) is 22.9. The zero-order valence-corrected chi connectivity index (χ0v) is 14.6. The third-order valence-corrected chi connectivity index (χ3v) is 3.42. The van der Waals surface area contributed by atoms with Crippen LogP contribution in [0.1, 0.15) is 22.8 Å². The number of methoxy groups -OCH3 is 1. The monoisotopic (exact) mass is 356 g/mol. The fourth-order valence-corrected chi connectivity index (χ4v) is 2.19. The first-order chi connectivity index (χ1) is 12.5.